The van der Waals surface area contributed by atoms with E-state index < -0.39 is 0 Å². The number of rotatable bonds is 5. The second-order valence-corrected chi connectivity index (χ2v) is 6.37. The van der Waals surface area contributed by atoms with Gasteiger partial charge in [-0.2, -0.15) is 0 Å². The van der Waals surface area contributed by atoms with E-state index in [0.717, 1.165) is 27.7 Å². The lowest BCUT2D eigenvalue weighted by Crippen LogP contribution is -2.10. The third-order valence-corrected chi connectivity index (χ3v) is 4.34. The van der Waals surface area contributed by atoms with Crippen LogP contribution in [0, 0.1) is 0 Å². The van der Waals surface area contributed by atoms with Gasteiger partial charge in [-0.3, -0.25) is 4.79 Å². The van der Waals surface area contributed by atoms with Gasteiger partial charge in [-0.1, -0.05) is 24.9 Å². The molecule has 2 aromatic rings. The van der Waals surface area contributed by atoms with Crippen LogP contribution in [0.1, 0.15) is 26.2 Å². The van der Waals surface area contributed by atoms with Crippen molar-refractivity contribution in [2.45, 2.75) is 26.2 Å². The standard InChI is InChI=1S/C12H13ClN2OS2/c1-2-3-4-11(16)15-12-14-8(7-17-12)9-5-6-10(13)18-9/h5-7H,2-4H2,1H3,(H,14,15,16). The van der Waals surface area contributed by atoms with Gasteiger partial charge in [0, 0.05) is 11.8 Å². The van der Waals surface area contributed by atoms with Crippen LogP contribution in [0.5, 0.6) is 0 Å². The molecule has 2 rings (SSSR count). The number of thiophene rings is 1. The number of amides is 1. The van der Waals surface area contributed by atoms with Gasteiger partial charge in [0.15, 0.2) is 5.13 Å². The fourth-order valence-corrected chi connectivity index (χ4v) is 3.22. The Kier molecular flexibility index (Phi) is 4.74. The maximum Gasteiger partial charge on any atom is 0.226 e. The van der Waals surface area contributed by atoms with E-state index in [1.54, 1.807) is 0 Å². The Morgan fingerprint density at radius 1 is 1.50 bits per heavy atom. The molecule has 0 saturated carbocycles. The molecule has 96 valence electrons. The molecule has 0 spiro atoms. The van der Waals surface area contributed by atoms with Crippen molar-refractivity contribution in [1.29, 1.82) is 0 Å². The largest absolute Gasteiger partial charge is 0.302 e. The Morgan fingerprint density at radius 3 is 3.00 bits per heavy atom. The van der Waals surface area contributed by atoms with E-state index in [2.05, 4.69) is 17.2 Å². The fraction of sp³-hybridized carbons (Fsp3) is 0.333. The molecule has 3 nitrogen and oxygen atoms in total. The van der Waals surface area contributed by atoms with Crippen LogP contribution >= 0.6 is 34.3 Å². The van der Waals surface area contributed by atoms with Crippen molar-refractivity contribution >= 4 is 45.3 Å². The number of halogens is 1. The summed E-state index contributed by atoms with van der Waals surface area (Å²) in [6.45, 7) is 2.06. The first-order valence-corrected chi connectivity index (χ1v) is 7.77. The molecule has 0 radical (unpaired) electrons. The summed E-state index contributed by atoms with van der Waals surface area (Å²) in [6.07, 6.45) is 2.48. The molecule has 2 heterocycles. The zero-order chi connectivity index (χ0) is 13.0. The normalized spacial score (nSPS) is 10.6. The third-order valence-electron chi connectivity index (χ3n) is 2.33. The molecule has 0 unspecified atom stereocenters. The summed E-state index contributed by atoms with van der Waals surface area (Å²) >= 11 is 8.80. The Morgan fingerprint density at radius 2 is 2.33 bits per heavy atom. The van der Waals surface area contributed by atoms with Crippen molar-refractivity contribution in [2.75, 3.05) is 5.32 Å². The van der Waals surface area contributed by atoms with Crippen molar-refractivity contribution in [2.24, 2.45) is 0 Å². The molecule has 6 heteroatoms. The van der Waals surface area contributed by atoms with Gasteiger partial charge in [-0.25, -0.2) is 4.98 Å². The smallest absolute Gasteiger partial charge is 0.226 e. The van der Waals surface area contributed by atoms with E-state index in [1.807, 2.05) is 17.5 Å². The van der Waals surface area contributed by atoms with Gasteiger partial charge in [-0.15, -0.1) is 22.7 Å². The number of aromatic nitrogens is 1. The zero-order valence-electron chi connectivity index (χ0n) is 9.90. The van der Waals surface area contributed by atoms with E-state index in [9.17, 15) is 4.79 Å². The van der Waals surface area contributed by atoms with Crippen molar-refractivity contribution in [3.63, 3.8) is 0 Å². The number of hydrogen-bond donors (Lipinski definition) is 1. The predicted octanol–water partition coefficient (Wildman–Crippen LogP) is 4.65. The van der Waals surface area contributed by atoms with Gasteiger partial charge in [0.25, 0.3) is 0 Å². The number of carbonyl (C=O) groups is 1. The molecule has 0 bridgehead atoms. The highest BCUT2D eigenvalue weighted by molar-refractivity contribution is 7.20. The highest BCUT2D eigenvalue weighted by atomic mass is 35.5. The molecule has 0 aliphatic heterocycles. The molecule has 0 atom stereocenters. The van der Waals surface area contributed by atoms with Crippen LogP contribution in [-0.2, 0) is 4.79 Å². The number of nitrogens with one attached hydrogen (secondary N) is 1. The number of nitrogens with zero attached hydrogens (tertiary/aromatic N) is 1. The third kappa shape index (κ3) is 3.54. The van der Waals surface area contributed by atoms with Crippen molar-refractivity contribution in [1.82, 2.24) is 4.98 Å². The van der Waals surface area contributed by atoms with Gasteiger partial charge in [-0.05, 0) is 18.6 Å². The topological polar surface area (TPSA) is 42.0 Å². The van der Waals surface area contributed by atoms with Crippen LogP contribution in [0.15, 0.2) is 17.5 Å². The number of anilines is 1. The van der Waals surface area contributed by atoms with Crippen LogP contribution in [0.25, 0.3) is 10.6 Å². The molecule has 2 aromatic heterocycles. The molecule has 0 aromatic carbocycles. The van der Waals surface area contributed by atoms with E-state index >= 15 is 0 Å². The lowest BCUT2D eigenvalue weighted by Gasteiger charge is -1.99. The van der Waals surface area contributed by atoms with E-state index in [0.29, 0.717) is 11.6 Å². The quantitative estimate of drug-likeness (QED) is 0.873. The fourth-order valence-electron chi connectivity index (χ4n) is 1.42. The van der Waals surface area contributed by atoms with E-state index in [4.69, 9.17) is 11.6 Å². The number of hydrogen-bond acceptors (Lipinski definition) is 4. The Balaban J connectivity index is 2.00. The summed E-state index contributed by atoms with van der Waals surface area (Å²) in [5.41, 5.74) is 0.864. The Bertz CT molecular complexity index is 536. The van der Waals surface area contributed by atoms with Gasteiger partial charge < -0.3 is 5.32 Å². The van der Waals surface area contributed by atoms with Gasteiger partial charge in [0.1, 0.15) is 0 Å². The minimum atomic E-state index is 0.0296. The molecule has 1 amide bonds. The van der Waals surface area contributed by atoms with E-state index in [1.165, 1.54) is 22.7 Å². The minimum absolute atomic E-state index is 0.0296. The van der Waals surface area contributed by atoms with Crippen LogP contribution in [-0.4, -0.2) is 10.9 Å². The van der Waals surface area contributed by atoms with Crippen LogP contribution in [0.4, 0.5) is 5.13 Å². The molecular formula is C12H13ClN2OS2. The first kappa shape index (κ1) is 13.5. The maximum absolute atomic E-state index is 11.6. The second kappa shape index (κ2) is 6.31. The summed E-state index contributed by atoms with van der Waals surface area (Å²) in [5, 5.41) is 5.39. The summed E-state index contributed by atoms with van der Waals surface area (Å²) in [5.74, 6) is 0.0296. The average molecular weight is 301 g/mol. The molecule has 18 heavy (non-hydrogen) atoms. The Hall–Kier alpha value is -0.910. The van der Waals surface area contributed by atoms with Crippen LogP contribution in [0.3, 0.4) is 0 Å². The first-order valence-electron chi connectivity index (χ1n) is 5.70. The predicted molar refractivity (Wildman–Crippen MR) is 78.6 cm³/mol. The summed E-state index contributed by atoms with van der Waals surface area (Å²) in [7, 11) is 0. The average Bonchev–Trinajstić information content (AvgIpc) is 2.95. The molecule has 0 aliphatic rings. The van der Waals surface area contributed by atoms with Gasteiger partial charge >= 0.3 is 0 Å². The zero-order valence-corrected chi connectivity index (χ0v) is 12.3. The second-order valence-electron chi connectivity index (χ2n) is 3.79. The van der Waals surface area contributed by atoms with Crippen molar-refractivity contribution in [3.05, 3.63) is 21.8 Å². The number of thiazole rings is 1. The van der Waals surface area contributed by atoms with E-state index in [-0.39, 0.29) is 5.91 Å². The van der Waals surface area contributed by atoms with Crippen molar-refractivity contribution < 1.29 is 4.79 Å². The lowest BCUT2D eigenvalue weighted by atomic mass is 10.2. The minimum Gasteiger partial charge on any atom is -0.302 e. The van der Waals surface area contributed by atoms with Gasteiger partial charge in [0.05, 0.1) is 14.9 Å². The number of unbranched alkanes of at least 4 members (excludes halogenated alkanes) is 1. The molecular weight excluding hydrogens is 288 g/mol. The monoisotopic (exact) mass is 300 g/mol. The lowest BCUT2D eigenvalue weighted by molar-refractivity contribution is -0.116. The van der Waals surface area contributed by atoms with Crippen LogP contribution < -0.4 is 5.32 Å². The summed E-state index contributed by atoms with van der Waals surface area (Å²) in [4.78, 5) is 17.0. The first-order chi connectivity index (χ1) is 8.69. The SMILES string of the molecule is CCCCC(=O)Nc1nc(-c2ccc(Cl)s2)cs1. The highest BCUT2D eigenvalue weighted by Gasteiger charge is 2.09. The molecule has 0 fully saturated rings. The summed E-state index contributed by atoms with van der Waals surface area (Å²) in [6, 6.07) is 3.78. The molecule has 0 saturated heterocycles. The highest BCUT2D eigenvalue weighted by Crippen LogP contribution is 2.32. The van der Waals surface area contributed by atoms with Gasteiger partial charge in [0.2, 0.25) is 5.91 Å². The van der Waals surface area contributed by atoms with Crippen LogP contribution in [0.2, 0.25) is 4.34 Å². The molecule has 1 N–H and O–H groups in total. The Labute approximate surface area is 119 Å². The maximum atomic E-state index is 11.6. The summed E-state index contributed by atoms with van der Waals surface area (Å²) < 4.78 is 0.742. The van der Waals surface area contributed by atoms with Crippen molar-refractivity contribution in [3.8, 4) is 10.6 Å². The molecule has 0 aliphatic carbocycles. The number of carbonyl (C=O) groups excluding carboxylic acids is 1.